The molecule has 3 aromatic rings. The number of alkyl halides is 6. The first-order valence-electron chi connectivity index (χ1n) is 7.79. The molecule has 1 heterocycles. The van der Waals surface area contributed by atoms with Gasteiger partial charge in [0.1, 0.15) is 11.0 Å². The molecule has 1 N–H and O–H groups in total. The Morgan fingerprint density at radius 1 is 0.724 bits per heavy atom. The molecule has 0 spiro atoms. The largest absolute Gasteiger partial charge is 0.416 e. The second kappa shape index (κ2) is 7.72. The van der Waals surface area contributed by atoms with E-state index >= 15 is 0 Å². The highest BCUT2D eigenvalue weighted by Gasteiger charge is 2.31. The SMILES string of the molecule is FC(F)(F)c1ccc(-c2nc(Cl)cc(Nc3ccc(C(F)(F)F)cc3Cl)n2)cc1. The molecule has 0 radical (unpaired) electrons. The van der Waals surface area contributed by atoms with Crippen LogP contribution in [0, 0.1) is 0 Å². The van der Waals surface area contributed by atoms with Gasteiger partial charge in [0.2, 0.25) is 0 Å². The molecule has 0 aliphatic heterocycles. The van der Waals surface area contributed by atoms with Gasteiger partial charge in [0.25, 0.3) is 0 Å². The molecule has 0 atom stereocenters. The van der Waals surface area contributed by atoms with Gasteiger partial charge in [-0.15, -0.1) is 0 Å². The lowest BCUT2D eigenvalue weighted by Gasteiger charge is -2.12. The number of hydrogen-bond donors (Lipinski definition) is 1. The van der Waals surface area contributed by atoms with E-state index < -0.39 is 23.5 Å². The molecule has 152 valence electrons. The van der Waals surface area contributed by atoms with Crippen molar-refractivity contribution in [2.45, 2.75) is 12.4 Å². The minimum atomic E-state index is -4.55. The number of rotatable bonds is 3. The van der Waals surface area contributed by atoms with Crippen molar-refractivity contribution in [2.24, 2.45) is 0 Å². The molecule has 0 unspecified atom stereocenters. The van der Waals surface area contributed by atoms with Gasteiger partial charge in [-0.1, -0.05) is 35.3 Å². The maximum absolute atomic E-state index is 12.7. The van der Waals surface area contributed by atoms with E-state index in [2.05, 4.69) is 15.3 Å². The third kappa shape index (κ3) is 5.10. The van der Waals surface area contributed by atoms with Gasteiger partial charge >= 0.3 is 12.4 Å². The van der Waals surface area contributed by atoms with Crippen LogP contribution in [-0.2, 0) is 12.4 Å². The van der Waals surface area contributed by atoms with Gasteiger partial charge in [-0.05, 0) is 30.3 Å². The number of aromatic nitrogens is 2. The van der Waals surface area contributed by atoms with E-state index in [4.69, 9.17) is 23.2 Å². The van der Waals surface area contributed by atoms with Crippen LogP contribution < -0.4 is 5.32 Å². The van der Waals surface area contributed by atoms with Crippen molar-refractivity contribution in [3.05, 3.63) is 69.8 Å². The highest BCUT2D eigenvalue weighted by atomic mass is 35.5. The fourth-order valence-corrected chi connectivity index (χ4v) is 2.76. The second-order valence-electron chi connectivity index (χ2n) is 5.79. The van der Waals surface area contributed by atoms with Crippen LogP contribution in [0.25, 0.3) is 11.4 Å². The van der Waals surface area contributed by atoms with Crippen LogP contribution in [0.4, 0.5) is 37.8 Å². The Morgan fingerprint density at radius 2 is 1.31 bits per heavy atom. The molecule has 0 aliphatic carbocycles. The smallest absolute Gasteiger partial charge is 0.339 e. The van der Waals surface area contributed by atoms with Gasteiger partial charge in [-0.25, -0.2) is 9.97 Å². The standard InChI is InChI=1S/C18H9Cl2F6N3/c19-12-7-11(18(24,25)26)5-6-13(12)27-15-8-14(20)28-16(29-15)9-1-3-10(4-2-9)17(21,22)23/h1-8H,(H,27,28,29). The zero-order chi connectivity index (χ0) is 21.4. The fourth-order valence-electron chi connectivity index (χ4n) is 2.35. The number of hydrogen-bond acceptors (Lipinski definition) is 3. The first-order chi connectivity index (χ1) is 13.4. The summed E-state index contributed by atoms with van der Waals surface area (Å²) in [5.41, 5.74) is -1.35. The Kier molecular flexibility index (Phi) is 5.64. The molecule has 0 saturated carbocycles. The van der Waals surface area contributed by atoms with Gasteiger partial charge in [-0.2, -0.15) is 26.3 Å². The van der Waals surface area contributed by atoms with E-state index in [1.165, 1.54) is 18.2 Å². The number of benzene rings is 2. The monoisotopic (exact) mass is 451 g/mol. The van der Waals surface area contributed by atoms with Crippen molar-refractivity contribution in [2.75, 3.05) is 5.32 Å². The quantitative estimate of drug-likeness (QED) is 0.337. The number of nitrogens with zero attached hydrogens (tertiary/aromatic N) is 2. The number of anilines is 2. The highest BCUT2D eigenvalue weighted by Crippen LogP contribution is 2.35. The van der Waals surface area contributed by atoms with Crippen LogP contribution in [-0.4, -0.2) is 9.97 Å². The summed E-state index contributed by atoms with van der Waals surface area (Å²) in [6, 6.07) is 8.13. The van der Waals surface area contributed by atoms with Crippen molar-refractivity contribution < 1.29 is 26.3 Å². The lowest BCUT2D eigenvalue weighted by Crippen LogP contribution is -2.05. The van der Waals surface area contributed by atoms with E-state index in [1.807, 2.05) is 0 Å². The summed E-state index contributed by atoms with van der Waals surface area (Å²) in [6.07, 6.45) is -9.03. The van der Waals surface area contributed by atoms with Crippen molar-refractivity contribution in [1.29, 1.82) is 0 Å². The molecule has 2 aromatic carbocycles. The Labute approximate surface area is 170 Å². The molecule has 3 rings (SSSR count). The average Bonchev–Trinajstić information content (AvgIpc) is 2.61. The van der Waals surface area contributed by atoms with Gasteiger partial charge in [0.05, 0.1) is 21.8 Å². The van der Waals surface area contributed by atoms with Crippen molar-refractivity contribution in [3.63, 3.8) is 0 Å². The van der Waals surface area contributed by atoms with Crippen LogP contribution >= 0.6 is 23.2 Å². The van der Waals surface area contributed by atoms with Gasteiger partial charge in [-0.3, -0.25) is 0 Å². The third-order valence-corrected chi connectivity index (χ3v) is 4.23. The summed E-state index contributed by atoms with van der Waals surface area (Å²) in [5, 5.41) is 2.49. The van der Waals surface area contributed by atoms with E-state index in [0.717, 1.165) is 30.3 Å². The molecule has 0 saturated heterocycles. The number of halogens is 8. The Balaban J connectivity index is 1.90. The molecule has 0 amide bonds. The van der Waals surface area contributed by atoms with Crippen LogP contribution in [0.3, 0.4) is 0 Å². The summed E-state index contributed by atoms with van der Waals surface area (Å²) in [6.45, 7) is 0. The molecule has 0 bridgehead atoms. The van der Waals surface area contributed by atoms with Crippen LogP contribution in [0.15, 0.2) is 48.5 Å². The van der Waals surface area contributed by atoms with Crippen molar-refractivity contribution in [1.82, 2.24) is 9.97 Å². The van der Waals surface area contributed by atoms with Crippen molar-refractivity contribution in [3.8, 4) is 11.4 Å². The molecular formula is C18H9Cl2F6N3. The normalized spacial score (nSPS) is 12.1. The molecule has 3 nitrogen and oxygen atoms in total. The lowest BCUT2D eigenvalue weighted by atomic mass is 10.1. The van der Waals surface area contributed by atoms with Crippen LogP contribution in [0.2, 0.25) is 10.2 Å². The summed E-state index contributed by atoms with van der Waals surface area (Å²) < 4.78 is 76.3. The average molecular weight is 452 g/mol. The Bertz CT molecular complexity index is 1030. The van der Waals surface area contributed by atoms with Gasteiger partial charge < -0.3 is 5.32 Å². The summed E-state index contributed by atoms with van der Waals surface area (Å²) in [7, 11) is 0. The molecule has 1 aromatic heterocycles. The zero-order valence-electron chi connectivity index (χ0n) is 14.0. The van der Waals surface area contributed by atoms with Crippen molar-refractivity contribution >= 4 is 34.7 Å². The zero-order valence-corrected chi connectivity index (χ0v) is 15.5. The minimum absolute atomic E-state index is 0.0248. The number of nitrogens with one attached hydrogen (secondary N) is 1. The third-order valence-electron chi connectivity index (χ3n) is 3.72. The maximum Gasteiger partial charge on any atom is 0.416 e. The van der Waals surface area contributed by atoms with E-state index in [1.54, 1.807) is 0 Å². The van der Waals surface area contributed by atoms with E-state index in [0.29, 0.717) is 0 Å². The Hall–Kier alpha value is -2.52. The maximum atomic E-state index is 12.7. The van der Waals surface area contributed by atoms with Gasteiger partial charge in [0.15, 0.2) is 5.82 Å². The molecular weight excluding hydrogens is 443 g/mol. The summed E-state index contributed by atoms with van der Waals surface area (Å²) >= 11 is 11.8. The van der Waals surface area contributed by atoms with E-state index in [-0.39, 0.29) is 33.1 Å². The van der Waals surface area contributed by atoms with Crippen LogP contribution in [0.5, 0.6) is 0 Å². The lowest BCUT2D eigenvalue weighted by molar-refractivity contribution is -0.138. The predicted molar refractivity (Wildman–Crippen MR) is 97.2 cm³/mol. The summed E-state index contributed by atoms with van der Waals surface area (Å²) in [4.78, 5) is 8.09. The molecule has 11 heteroatoms. The van der Waals surface area contributed by atoms with E-state index in [9.17, 15) is 26.3 Å². The molecule has 29 heavy (non-hydrogen) atoms. The Morgan fingerprint density at radius 3 is 1.86 bits per heavy atom. The minimum Gasteiger partial charge on any atom is -0.339 e. The highest BCUT2D eigenvalue weighted by molar-refractivity contribution is 6.33. The van der Waals surface area contributed by atoms with Gasteiger partial charge in [0, 0.05) is 11.6 Å². The molecule has 0 fully saturated rings. The second-order valence-corrected chi connectivity index (χ2v) is 6.59. The topological polar surface area (TPSA) is 37.8 Å². The summed E-state index contributed by atoms with van der Waals surface area (Å²) in [5.74, 6) is 0.123. The first-order valence-corrected chi connectivity index (χ1v) is 8.55. The van der Waals surface area contributed by atoms with Crippen LogP contribution in [0.1, 0.15) is 11.1 Å². The predicted octanol–water partition coefficient (Wildman–Crippen LogP) is 7.23. The fraction of sp³-hybridized carbons (Fsp3) is 0.111. The molecule has 0 aliphatic rings. The first kappa shape index (κ1) is 21.2.